The van der Waals surface area contributed by atoms with E-state index in [9.17, 15) is 4.79 Å². The Morgan fingerprint density at radius 3 is 2.50 bits per heavy atom. The maximum Gasteiger partial charge on any atom is 0.263 e. The quantitative estimate of drug-likeness (QED) is 0.633. The number of rotatable bonds is 3. The van der Waals surface area contributed by atoms with Crippen molar-refractivity contribution in [3.63, 3.8) is 0 Å². The van der Waals surface area contributed by atoms with Crippen LogP contribution in [0.3, 0.4) is 0 Å². The topological polar surface area (TPSA) is 76.4 Å². The summed E-state index contributed by atoms with van der Waals surface area (Å²) >= 11 is 0. The molecule has 0 aliphatic carbocycles. The van der Waals surface area contributed by atoms with Gasteiger partial charge in [0, 0.05) is 37.9 Å². The first-order valence-electron chi connectivity index (χ1n) is 11.2. The lowest BCUT2D eigenvalue weighted by Crippen LogP contribution is -2.53. The standard InChI is InChI=1S/C24H28N6O2/c1-16-14-17(2)30(27-16)23-15-22(25-18(3)26-23)28-10-12-29(13-11-28)24(31)21-9-8-19-6-4-5-7-20(19)32-21/h4-7,14-15,21H,8-13H2,1-3H3. The van der Waals surface area contributed by atoms with Gasteiger partial charge in [-0.15, -0.1) is 0 Å². The summed E-state index contributed by atoms with van der Waals surface area (Å²) < 4.78 is 7.87. The molecule has 4 heterocycles. The van der Waals surface area contributed by atoms with Gasteiger partial charge >= 0.3 is 0 Å². The maximum atomic E-state index is 13.1. The van der Waals surface area contributed by atoms with Gasteiger partial charge in [-0.2, -0.15) is 5.10 Å². The van der Waals surface area contributed by atoms with E-state index in [-0.39, 0.29) is 5.91 Å². The smallest absolute Gasteiger partial charge is 0.263 e. The molecule has 1 fully saturated rings. The lowest BCUT2D eigenvalue weighted by Gasteiger charge is -2.37. The molecule has 1 unspecified atom stereocenters. The summed E-state index contributed by atoms with van der Waals surface area (Å²) in [4.78, 5) is 26.4. The number of amides is 1. The van der Waals surface area contributed by atoms with Gasteiger partial charge in [0.05, 0.1) is 5.69 Å². The molecule has 32 heavy (non-hydrogen) atoms. The van der Waals surface area contributed by atoms with Gasteiger partial charge in [-0.3, -0.25) is 4.79 Å². The Hall–Kier alpha value is -3.42. The van der Waals surface area contributed by atoms with Crippen molar-refractivity contribution in [3.05, 3.63) is 59.2 Å². The van der Waals surface area contributed by atoms with Crippen LogP contribution in [0, 0.1) is 20.8 Å². The van der Waals surface area contributed by atoms with E-state index < -0.39 is 6.10 Å². The highest BCUT2D eigenvalue weighted by molar-refractivity contribution is 5.82. The number of aryl methyl sites for hydroxylation is 4. The van der Waals surface area contributed by atoms with Crippen molar-refractivity contribution in [3.8, 4) is 11.6 Å². The molecule has 0 saturated carbocycles. The Labute approximate surface area is 187 Å². The number of hydrogen-bond donors (Lipinski definition) is 0. The summed E-state index contributed by atoms with van der Waals surface area (Å²) in [6.45, 7) is 8.65. The second-order valence-corrected chi connectivity index (χ2v) is 8.54. The van der Waals surface area contributed by atoms with Gasteiger partial charge in [0.25, 0.3) is 5.91 Å². The molecule has 3 aromatic rings. The Morgan fingerprint density at radius 1 is 1.00 bits per heavy atom. The molecule has 1 saturated heterocycles. The fourth-order valence-electron chi connectivity index (χ4n) is 4.53. The average Bonchev–Trinajstić information content (AvgIpc) is 3.16. The van der Waals surface area contributed by atoms with Gasteiger partial charge in [-0.05, 0) is 51.3 Å². The van der Waals surface area contributed by atoms with Gasteiger partial charge in [0.1, 0.15) is 17.4 Å². The van der Waals surface area contributed by atoms with Crippen molar-refractivity contribution in [2.75, 3.05) is 31.1 Å². The molecule has 166 valence electrons. The molecule has 2 aliphatic rings. The molecular formula is C24H28N6O2. The largest absolute Gasteiger partial charge is 0.480 e. The number of hydrogen-bond acceptors (Lipinski definition) is 6. The molecular weight excluding hydrogens is 404 g/mol. The molecule has 2 aromatic heterocycles. The maximum absolute atomic E-state index is 13.1. The third-order valence-electron chi connectivity index (χ3n) is 6.15. The number of carbonyl (C=O) groups excluding carboxylic acids is 1. The van der Waals surface area contributed by atoms with E-state index in [0.29, 0.717) is 18.9 Å². The van der Waals surface area contributed by atoms with Crippen molar-refractivity contribution < 1.29 is 9.53 Å². The van der Waals surface area contributed by atoms with Crippen LogP contribution in [0.1, 0.15) is 29.2 Å². The molecule has 8 nitrogen and oxygen atoms in total. The summed E-state index contributed by atoms with van der Waals surface area (Å²) in [6.07, 6.45) is 1.21. The molecule has 1 amide bonds. The molecule has 0 spiro atoms. The number of benzene rings is 1. The van der Waals surface area contributed by atoms with Crippen LogP contribution in [-0.4, -0.2) is 62.8 Å². The molecule has 0 bridgehead atoms. The van der Waals surface area contributed by atoms with E-state index in [0.717, 1.165) is 54.7 Å². The lowest BCUT2D eigenvalue weighted by molar-refractivity contribution is -0.139. The number of fused-ring (bicyclic) bond motifs is 1. The van der Waals surface area contributed by atoms with Crippen LogP contribution in [0.4, 0.5) is 5.82 Å². The SMILES string of the molecule is Cc1cc(C)n(-c2cc(N3CCN(C(=O)C4CCc5ccccc5O4)CC3)nc(C)n2)n1. The highest BCUT2D eigenvalue weighted by atomic mass is 16.5. The zero-order chi connectivity index (χ0) is 22.2. The van der Waals surface area contributed by atoms with Gasteiger partial charge in [-0.25, -0.2) is 14.6 Å². The first-order chi connectivity index (χ1) is 15.5. The summed E-state index contributed by atoms with van der Waals surface area (Å²) in [5, 5.41) is 4.55. The van der Waals surface area contributed by atoms with Gasteiger partial charge in [0.15, 0.2) is 11.9 Å². The second kappa shape index (κ2) is 8.26. The molecule has 0 radical (unpaired) electrons. The normalized spacial score (nSPS) is 18.3. The molecule has 8 heteroatoms. The van der Waals surface area contributed by atoms with E-state index >= 15 is 0 Å². The van der Waals surface area contributed by atoms with Crippen molar-refractivity contribution in [1.29, 1.82) is 0 Å². The predicted molar refractivity (Wildman–Crippen MR) is 121 cm³/mol. The van der Waals surface area contributed by atoms with Crippen LogP contribution in [0.25, 0.3) is 5.82 Å². The first-order valence-corrected chi connectivity index (χ1v) is 11.2. The molecule has 0 N–H and O–H groups in total. The van der Waals surface area contributed by atoms with Crippen LogP contribution in [0.2, 0.25) is 0 Å². The average molecular weight is 433 g/mol. The summed E-state index contributed by atoms with van der Waals surface area (Å²) in [5.74, 6) is 3.27. The zero-order valence-corrected chi connectivity index (χ0v) is 18.8. The highest BCUT2D eigenvalue weighted by Gasteiger charge is 2.32. The van der Waals surface area contributed by atoms with Gasteiger partial charge < -0.3 is 14.5 Å². The van der Waals surface area contributed by atoms with E-state index in [1.54, 1.807) is 0 Å². The van der Waals surface area contributed by atoms with E-state index in [1.807, 2.05) is 60.7 Å². The number of para-hydroxylation sites is 1. The fourth-order valence-corrected chi connectivity index (χ4v) is 4.53. The Morgan fingerprint density at radius 2 is 1.75 bits per heavy atom. The molecule has 1 atom stereocenters. The minimum atomic E-state index is -0.393. The van der Waals surface area contributed by atoms with Crippen LogP contribution in [-0.2, 0) is 11.2 Å². The van der Waals surface area contributed by atoms with Gasteiger partial charge in [0.2, 0.25) is 0 Å². The number of piperazine rings is 1. The Balaban J connectivity index is 1.26. The Bertz CT molecular complexity index is 1150. The van der Waals surface area contributed by atoms with E-state index in [1.165, 1.54) is 5.56 Å². The zero-order valence-electron chi connectivity index (χ0n) is 18.8. The van der Waals surface area contributed by atoms with Crippen molar-refractivity contribution in [1.82, 2.24) is 24.6 Å². The second-order valence-electron chi connectivity index (χ2n) is 8.54. The summed E-state index contributed by atoms with van der Waals surface area (Å²) in [5.41, 5.74) is 3.18. The third kappa shape index (κ3) is 3.92. The fraction of sp³-hybridized carbons (Fsp3) is 0.417. The van der Waals surface area contributed by atoms with Crippen molar-refractivity contribution >= 4 is 11.7 Å². The number of anilines is 1. The molecule has 5 rings (SSSR count). The Kier molecular flexibility index (Phi) is 5.28. The van der Waals surface area contributed by atoms with Crippen molar-refractivity contribution in [2.45, 2.75) is 39.7 Å². The molecule has 1 aromatic carbocycles. The monoisotopic (exact) mass is 432 g/mol. The number of aromatic nitrogens is 4. The van der Waals surface area contributed by atoms with Crippen LogP contribution < -0.4 is 9.64 Å². The van der Waals surface area contributed by atoms with Crippen LogP contribution in [0.15, 0.2) is 36.4 Å². The van der Waals surface area contributed by atoms with Crippen molar-refractivity contribution in [2.24, 2.45) is 0 Å². The summed E-state index contributed by atoms with van der Waals surface area (Å²) in [6, 6.07) is 12.0. The lowest BCUT2D eigenvalue weighted by atomic mass is 10.0. The third-order valence-corrected chi connectivity index (χ3v) is 6.15. The van der Waals surface area contributed by atoms with E-state index in [4.69, 9.17) is 4.74 Å². The minimum absolute atomic E-state index is 0.0846. The highest BCUT2D eigenvalue weighted by Crippen LogP contribution is 2.28. The first kappa shape index (κ1) is 20.5. The van der Waals surface area contributed by atoms with Gasteiger partial charge in [-0.1, -0.05) is 18.2 Å². The predicted octanol–water partition coefficient (Wildman–Crippen LogP) is 2.63. The molecule has 2 aliphatic heterocycles. The summed E-state index contributed by atoms with van der Waals surface area (Å²) in [7, 11) is 0. The minimum Gasteiger partial charge on any atom is -0.480 e. The van der Waals surface area contributed by atoms with Crippen LogP contribution in [0.5, 0.6) is 5.75 Å². The number of ether oxygens (including phenoxy) is 1. The van der Waals surface area contributed by atoms with Crippen LogP contribution >= 0.6 is 0 Å². The van der Waals surface area contributed by atoms with E-state index in [2.05, 4.69) is 26.0 Å². The number of carbonyl (C=O) groups is 1. The number of nitrogens with zero attached hydrogens (tertiary/aromatic N) is 6.